The number of aliphatic hydroxyl groups is 1. The van der Waals surface area contributed by atoms with Crippen LogP contribution in [0.5, 0.6) is 0 Å². The molecule has 1 N–H and O–H groups in total. The first-order chi connectivity index (χ1) is 10.1. The zero-order chi connectivity index (χ0) is 15.2. The molecule has 0 aliphatic carbocycles. The van der Waals surface area contributed by atoms with Crippen molar-refractivity contribution in [1.82, 2.24) is 4.98 Å². The summed E-state index contributed by atoms with van der Waals surface area (Å²) >= 11 is 1.56. The van der Waals surface area contributed by atoms with E-state index in [1.165, 1.54) is 0 Å². The first kappa shape index (κ1) is 16.2. The van der Waals surface area contributed by atoms with Gasteiger partial charge in [-0.15, -0.1) is 11.3 Å². The molecule has 1 aliphatic heterocycles. The number of aryl methyl sites for hydroxylation is 1. The molecule has 1 aromatic rings. The average Bonchev–Trinajstić information content (AvgIpc) is 2.95. The van der Waals surface area contributed by atoms with Crippen molar-refractivity contribution in [2.45, 2.75) is 38.8 Å². The third-order valence-corrected chi connectivity index (χ3v) is 4.31. The quantitative estimate of drug-likeness (QED) is 0.796. The number of carbonyl (C=O) groups excluding carboxylic acids is 1. The number of aliphatic hydroxyl groups excluding tert-OH is 1. The van der Waals surface area contributed by atoms with E-state index in [2.05, 4.69) is 16.8 Å². The molecule has 21 heavy (non-hydrogen) atoms. The van der Waals surface area contributed by atoms with Crippen LogP contribution >= 0.6 is 11.3 Å². The molecule has 0 spiro atoms. The van der Waals surface area contributed by atoms with Crippen LogP contribution in [0, 0.1) is 0 Å². The van der Waals surface area contributed by atoms with E-state index in [1.54, 1.807) is 18.3 Å². The van der Waals surface area contributed by atoms with Crippen LogP contribution in [0.4, 0.5) is 5.13 Å². The fourth-order valence-corrected chi connectivity index (χ4v) is 3.17. The van der Waals surface area contributed by atoms with E-state index in [4.69, 9.17) is 9.47 Å². The number of aromatic nitrogens is 1. The van der Waals surface area contributed by atoms with Gasteiger partial charge in [0.15, 0.2) is 5.13 Å². The van der Waals surface area contributed by atoms with Crippen LogP contribution in [0.15, 0.2) is 5.38 Å². The Labute approximate surface area is 128 Å². The Morgan fingerprint density at radius 2 is 2.48 bits per heavy atom. The number of hydrogen-bond donors (Lipinski definition) is 1. The second-order valence-corrected chi connectivity index (χ2v) is 5.90. The van der Waals surface area contributed by atoms with Gasteiger partial charge in [-0.05, 0) is 13.8 Å². The van der Waals surface area contributed by atoms with E-state index in [-0.39, 0.29) is 24.7 Å². The Hall–Kier alpha value is -1.18. The molecule has 118 valence electrons. The molecule has 0 bridgehead atoms. The van der Waals surface area contributed by atoms with Gasteiger partial charge in [-0.2, -0.15) is 0 Å². The van der Waals surface area contributed by atoms with Crippen LogP contribution in [0.2, 0.25) is 0 Å². The topological polar surface area (TPSA) is 71.9 Å². The van der Waals surface area contributed by atoms with Crippen LogP contribution in [0.1, 0.15) is 26.0 Å². The number of esters is 1. The standard InChI is InChI=1S/C14H22N2O4S/c1-3-19-13(18)5-4-11-9-21-14(15-11)16-6-12(7-17)20-8-10(16)2/h9-10,12,17H,3-8H2,1-2H3. The third-order valence-electron chi connectivity index (χ3n) is 3.39. The Kier molecular flexibility index (Phi) is 5.96. The maximum absolute atomic E-state index is 11.4. The maximum Gasteiger partial charge on any atom is 0.306 e. The number of rotatable bonds is 6. The van der Waals surface area contributed by atoms with Crippen molar-refractivity contribution < 1.29 is 19.4 Å². The zero-order valence-electron chi connectivity index (χ0n) is 12.4. The average molecular weight is 314 g/mol. The first-order valence-electron chi connectivity index (χ1n) is 7.23. The lowest BCUT2D eigenvalue weighted by atomic mass is 10.2. The van der Waals surface area contributed by atoms with E-state index in [1.807, 2.05) is 5.38 Å². The molecule has 7 heteroatoms. The molecule has 0 saturated carbocycles. The van der Waals surface area contributed by atoms with Crippen molar-refractivity contribution >= 4 is 22.4 Å². The highest BCUT2D eigenvalue weighted by molar-refractivity contribution is 7.13. The van der Waals surface area contributed by atoms with E-state index in [9.17, 15) is 9.90 Å². The smallest absolute Gasteiger partial charge is 0.306 e. The molecular formula is C14H22N2O4S. The fourth-order valence-electron chi connectivity index (χ4n) is 2.20. The summed E-state index contributed by atoms with van der Waals surface area (Å²) < 4.78 is 10.4. The van der Waals surface area contributed by atoms with Gasteiger partial charge in [-0.25, -0.2) is 4.98 Å². The largest absolute Gasteiger partial charge is 0.466 e. The van der Waals surface area contributed by atoms with Gasteiger partial charge in [-0.3, -0.25) is 4.79 Å². The van der Waals surface area contributed by atoms with Crippen molar-refractivity contribution in [3.05, 3.63) is 11.1 Å². The number of hydrogen-bond acceptors (Lipinski definition) is 7. The number of nitrogens with zero attached hydrogens (tertiary/aromatic N) is 2. The van der Waals surface area contributed by atoms with Gasteiger partial charge in [0.2, 0.25) is 0 Å². The van der Waals surface area contributed by atoms with Crippen LogP contribution in [0.3, 0.4) is 0 Å². The van der Waals surface area contributed by atoms with Gasteiger partial charge in [0.05, 0.1) is 44.1 Å². The molecule has 2 unspecified atom stereocenters. The minimum absolute atomic E-state index is 0.0182. The van der Waals surface area contributed by atoms with Gasteiger partial charge in [0.1, 0.15) is 0 Å². The number of ether oxygens (including phenoxy) is 2. The maximum atomic E-state index is 11.4. The lowest BCUT2D eigenvalue weighted by molar-refractivity contribution is -0.143. The number of morpholine rings is 1. The van der Waals surface area contributed by atoms with Crippen LogP contribution < -0.4 is 4.90 Å². The summed E-state index contributed by atoms with van der Waals surface area (Å²) in [7, 11) is 0. The highest BCUT2D eigenvalue weighted by atomic mass is 32.1. The van der Waals surface area contributed by atoms with Crippen LogP contribution in [-0.4, -0.2) is 54.6 Å². The Morgan fingerprint density at radius 3 is 3.19 bits per heavy atom. The summed E-state index contributed by atoms with van der Waals surface area (Å²) in [4.78, 5) is 18.1. The monoisotopic (exact) mass is 314 g/mol. The molecule has 0 aromatic carbocycles. The zero-order valence-corrected chi connectivity index (χ0v) is 13.3. The summed E-state index contributed by atoms with van der Waals surface area (Å²) in [6, 6.07) is 0.233. The Balaban J connectivity index is 1.93. The minimum atomic E-state index is -0.188. The molecule has 1 aromatic heterocycles. The second-order valence-electron chi connectivity index (χ2n) is 5.07. The Bertz CT molecular complexity index is 466. The van der Waals surface area contributed by atoms with E-state index in [0.29, 0.717) is 32.6 Å². The van der Waals surface area contributed by atoms with Gasteiger partial charge >= 0.3 is 5.97 Å². The van der Waals surface area contributed by atoms with Gasteiger partial charge in [0, 0.05) is 18.3 Å². The molecule has 1 fully saturated rings. The van der Waals surface area contributed by atoms with E-state index >= 15 is 0 Å². The number of thiazole rings is 1. The van der Waals surface area contributed by atoms with Gasteiger partial charge < -0.3 is 19.5 Å². The SMILES string of the molecule is CCOC(=O)CCc1csc(N2CC(CO)OCC2C)n1. The third kappa shape index (κ3) is 4.39. The second kappa shape index (κ2) is 7.72. The van der Waals surface area contributed by atoms with Crippen molar-refractivity contribution in [3.63, 3.8) is 0 Å². The highest BCUT2D eigenvalue weighted by Crippen LogP contribution is 2.26. The van der Waals surface area contributed by atoms with E-state index < -0.39 is 0 Å². The molecular weight excluding hydrogens is 292 g/mol. The van der Waals surface area contributed by atoms with E-state index in [0.717, 1.165) is 10.8 Å². The molecule has 2 rings (SSSR count). The molecule has 2 heterocycles. The lowest BCUT2D eigenvalue weighted by Crippen LogP contribution is -2.49. The summed E-state index contributed by atoms with van der Waals surface area (Å²) in [6.45, 7) is 5.54. The summed E-state index contributed by atoms with van der Waals surface area (Å²) in [5.41, 5.74) is 0.905. The molecule has 0 amide bonds. The molecule has 1 saturated heterocycles. The summed E-state index contributed by atoms with van der Waals surface area (Å²) in [5, 5.41) is 12.1. The summed E-state index contributed by atoms with van der Waals surface area (Å²) in [6.07, 6.45) is 0.792. The van der Waals surface area contributed by atoms with Crippen LogP contribution in [0.25, 0.3) is 0 Å². The van der Waals surface area contributed by atoms with Crippen molar-refractivity contribution in [3.8, 4) is 0 Å². The van der Waals surface area contributed by atoms with Crippen molar-refractivity contribution in [2.24, 2.45) is 0 Å². The molecule has 2 atom stereocenters. The number of carbonyl (C=O) groups is 1. The predicted octanol–water partition coefficient (Wildman–Crippen LogP) is 1.22. The van der Waals surface area contributed by atoms with Crippen molar-refractivity contribution in [2.75, 3.05) is 31.3 Å². The highest BCUT2D eigenvalue weighted by Gasteiger charge is 2.27. The minimum Gasteiger partial charge on any atom is -0.466 e. The molecule has 6 nitrogen and oxygen atoms in total. The normalized spacial score (nSPS) is 22.3. The fraction of sp³-hybridized carbons (Fsp3) is 0.714. The lowest BCUT2D eigenvalue weighted by Gasteiger charge is -2.37. The molecule has 1 aliphatic rings. The number of anilines is 1. The first-order valence-corrected chi connectivity index (χ1v) is 8.11. The Morgan fingerprint density at radius 1 is 1.67 bits per heavy atom. The molecule has 0 radical (unpaired) electrons. The van der Waals surface area contributed by atoms with Crippen molar-refractivity contribution in [1.29, 1.82) is 0 Å². The van der Waals surface area contributed by atoms with Crippen LogP contribution in [-0.2, 0) is 20.7 Å². The summed E-state index contributed by atoms with van der Waals surface area (Å²) in [5.74, 6) is -0.188. The van der Waals surface area contributed by atoms with Gasteiger partial charge in [0.25, 0.3) is 0 Å². The van der Waals surface area contributed by atoms with Gasteiger partial charge in [-0.1, -0.05) is 0 Å². The predicted molar refractivity (Wildman–Crippen MR) is 80.7 cm³/mol.